The third-order valence-corrected chi connectivity index (χ3v) is 4.40. The van der Waals surface area contributed by atoms with Crippen molar-refractivity contribution in [2.45, 2.75) is 19.3 Å². The van der Waals surface area contributed by atoms with Gasteiger partial charge in [0.05, 0.1) is 11.1 Å². The molecule has 1 amide bonds. The van der Waals surface area contributed by atoms with Gasteiger partial charge in [0.1, 0.15) is 0 Å². The number of likely N-dealkylation sites (tertiary alicyclic amines) is 1. The molecule has 1 saturated heterocycles. The molecule has 0 bridgehead atoms. The quantitative estimate of drug-likeness (QED) is 0.886. The Morgan fingerprint density at radius 2 is 1.63 bits per heavy atom. The highest BCUT2D eigenvalue weighted by Crippen LogP contribution is 2.38. The lowest BCUT2D eigenvalue weighted by Gasteiger charge is -2.18. The number of fused-ring (bicyclic) bond motifs is 1. The fourth-order valence-electron chi connectivity index (χ4n) is 3.43. The fraction of sp³-hybridized carbons (Fsp3) is 0.467. The summed E-state index contributed by atoms with van der Waals surface area (Å²) in [6.45, 7) is 1.58. The van der Waals surface area contributed by atoms with Crippen molar-refractivity contribution in [1.82, 2.24) is 4.90 Å². The van der Waals surface area contributed by atoms with Crippen LogP contribution in [0.3, 0.4) is 0 Å². The van der Waals surface area contributed by atoms with Gasteiger partial charge in [-0.1, -0.05) is 18.6 Å². The van der Waals surface area contributed by atoms with Crippen LogP contribution in [0.15, 0.2) is 24.3 Å². The molecular formula is C15H17NO3. The molecule has 4 heteroatoms. The molecule has 1 aromatic rings. The summed E-state index contributed by atoms with van der Waals surface area (Å²) >= 11 is 0. The second-order valence-electron chi connectivity index (χ2n) is 5.51. The first-order chi connectivity index (χ1) is 9.16. The lowest BCUT2D eigenvalue weighted by molar-refractivity contribution is 0.0679. The molecule has 2 aliphatic rings. The van der Waals surface area contributed by atoms with Gasteiger partial charge in [-0.25, -0.2) is 4.79 Å². The number of amides is 1. The van der Waals surface area contributed by atoms with Crippen LogP contribution >= 0.6 is 0 Å². The lowest BCUT2D eigenvalue weighted by Crippen LogP contribution is -2.30. The Labute approximate surface area is 112 Å². The van der Waals surface area contributed by atoms with Crippen molar-refractivity contribution in [2.24, 2.45) is 11.8 Å². The minimum Gasteiger partial charge on any atom is -0.478 e. The highest BCUT2D eigenvalue weighted by Gasteiger charge is 2.38. The molecule has 1 aliphatic carbocycles. The monoisotopic (exact) mass is 259 g/mol. The number of carbonyl (C=O) groups excluding carboxylic acids is 1. The van der Waals surface area contributed by atoms with Crippen LogP contribution in [0, 0.1) is 11.8 Å². The zero-order chi connectivity index (χ0) is 13.4. The van der Waals surface area contributed by atoms with Gasteiger partial charge < -0.3 is 10.0 Å². The summed E-state index contributed by atoms with van der Waals surface area (Å²) < 4.78 is 0. The number of carboxylic acid groups (broad SMARTS) is 1. The first kappa shape index (κ1) is 12.2. The molecule has 100 valence electrons. The highest BCUT2D eigenvalue weighted by molar-refractivity contribution is 6.04. The number of nitrogens with zero attached hydrogens (tertiary/aromatic N) is 1. The predicted molar refractivity (Wildman–Crippen MR) is 70.1 cm³/mol. The fourth-order valence-corrected chi connectivity index (χ4v) is 3.43. The van der Waals surface area contributed by atoms with Crippen molar-refractivity contribution in [3.05, 3.63) is 35.4 Å². The number of aromatic carboxylic acids is 1. The summed E-state index contributed by atoms with van der Waals surface area (Å²) in [5, 5.41) is 9.15. The van der Waals surface area contributed by atoms with E-state index in [9.17, 15) is 9.59 Å². The molecule has 1 heterocycles. The Kier molecular flexibility index (Phi) is 3.01. The second-order valence-corrected chi connectivity index (χ2v) is 5.51. The molecule has 1 aromatic carbocycles. The van der Waals surface area contributed by atoms with Crippen LogP contribution in [0.5, 0.6) is 0 Å². The van der Waals surface area contributed by atoms with Crippen LogP contribution in [0.2, 0.25) is 0 Å². The van der Waals surface area contributed by atoms with E-state index in [1.54, 1.807) is 18.2 Å². The summed E-state index contributed by atoms with van der Waals surface area (Å²) in [6.07, 6.45) is 3.67. The second kappa shape index (κ2) is 4.68. The summed E-state index contributed by atoms with van der Waals surface area (Å²) in [7, 11) is 0. The Balaban J connectivity index is 1.83. The van der Waals surface area contributed by atoms with Crippen molar-refractivity contribution in [3.63, 3.8) is 0 Å². The highest BCUT2D eigenvalue weighted by atomic mass is 16.4. The Morgan fingerprint density at radius 3 is 2.21 bits per heavy atom. The zero-order valence-corrected chi connectivity index (χ0v) is 10.7. The smallest absolute Gasteiger partial charge is 0.336 e. The number of hydrogen-bond acceptors (Lipinski definition) is 2. The van der Waals surface area contributed by atoms with Gasteiger partial charge in [-0.3, -0.25) is 4.79 Å². The van der Waals surface area contributed by atoms with Gasteiger partial charge >= 0.3 is 5.97 Å². The van der Waals surface area contributed by atoms with Crippen molar-refractivity contribution in [3.8, 4) is 0 Å². The van der Waals surface area contributed by atoms with Crippen molar-refractivity contribution < 1.29 is 14.7 Å². The molecule has 0 spiro atoms. The number of carbonyl (C=O) groups is 2. The van der Waals surface area contributed by atoms with E-state index in [-0.39, 0.29) is 11.5 Å². The van der Waals surface area contributed by atoms with Gasteiger partial charge in [0.2, 0.25) is 0 Å². The molecule has 0 radical (unpaired) electrons. The van der Waals surface area contributed by atoms with E-state index in [1.165, 1.54) is 25.3 Å². The van der Waals surface area contributed by atoms with E-state index >= 15 is 0 Å². The Hall–Kier alpha value is -1.84. The van der Waals surface area contributed by atoms with E-state index in [0.29, 0.717) is 17.4 Å². The molecule has 0 aromatic heterocycles. The molecule has 2 atom stereocenters. The molecule has 4 nitrogen and oxygen atoms in total. The molecular weight excluding hydrogens is 242 g/mol. The van der Waals surface area contributed by atoms with Crippen LogP contribution in [-0.4, -0.2) is 35.0 Å². The number of carboxylic acids is 1. The van der Waals surface area contributed by atoms with E-state index in [0.717, 1.165) is 13.1 Å². The first-order valence-electron chi connectivity index (χ1n) is 6.78. The van der Waals surface area contributed by atoms with Gasteiger partial charge in [-0.2, -0.15) is 0 Å². The van der Waals surface area contributed by atoms with E-state index in [2.05, 4.69) is 0 Å². The molecule has 1 saturated carbocycles. The summed E-state index contributed by atoms with van der Waals surface area (Å²) in [4.78, 5) is 25.5. The number of rotatable bonds is 2. The van der Waals surface area contributed by atoms with Gasteiger partial charge in [0.25, 0.3) is 5.91 Å². The molecule has 19 heavy (non-hydrogen) atoms. The molecule has 3 rings (SSSR count). The third-order valence-electron chi connectivity index (χ3n) is 4.40. The van der Waals surface area contributed by atoms with Gasteiger partial charge in [-0.05, 0) is 36.8 Å². The zero-order valence-electron chi connectivity index (χ0n) is 10.7. The van der Waals surface area contributed by atoms with Gasteiger partial charge in [0, 0.05) is 13.1 Å². The molecule has 2 unspecified atom stereocenters. The summed E-state index contributed by atoms with van der Waals surface area (Å²) in [5.74, 6) is 0.0811. The van der Waals surface area contributed by atoms with Gasteiger partial charge in [-0.15, -0.1) is 0 Å². The van der Waals surface area contributed by atoms with Crippen molar-refractivity contribution >= 4 is 11.9 Å². The van der Waals surface area contributed by atoms with Crippen molar-refractivity contribution in [2.75, 3.05) is 13.1 Å². The SMILES string of the molecule is O=C(O)c1ccccc1C(=O)N1CC2CCCC2C1. The van der Waals surface area contributed by atoms with Crippen molar-refractivity contribution in [1.29, 1.82) is 0 Å². The average Bonchev–Trinajstić information content (AvgIpc) is 2.98. The summed E-state index contributed by atoms with van der Waals surface area (Å²) in [6, 6.07) is 6.47. The van der Waals surface area contributed by atoms with E-state index in [1.807, 2.05) is 4.90 Å². The topological polar surface area (TPSA) is 57.6 Å². The van der Waals surface area contributed by atoms with Gasteiger partial charge in [0.15, 0.2) is 0 Å². The third kappa shape index (κ3) is 2.11. The normalized spacial score (nSPS) is 25.4. The number of benzene rings is 1. The standard InChI is InChI=1S/C15H17NO3/c17-14(12-6-1-2-7-13(12)15(18)19)16-8-10-4-3-5-11(10)9-16/h1-2,6-7,10-11H,3-5,8-9H2,(H,18,19). The van der Waals surface area contributed by atoms with Crippen LogP contribution in [0.4, 0.5) is 0 Å². The first-order valence-corrected chi connectivity index (χ1v) is 6.78. The number of hydrogen-bond donors (Lipinski definition) is 1. The largest absolute Gasteiger partial charge is 0.478 e. The average molecular weight is 259 g/mol. The van der Waals surface area contributed by atoms with Crippen LogP contribution in [-0.2, 0) is 0 Å². The minimum atomic E-state index is -1.04. The van der Waals surface area contributed by atoms with Crippen LogP contribution < -0.4 is 0 Å². The Morgan fingerprint density at radius 1 is 1.05 bits per heavy atom. The Bertz CT molecular complexity index is 514. The molecule has 1 aliphatic heterocycles. The maximum Gasteiger partial charge on any atom is 0.336 e. The molecule has 1 N–H and O–H groups in total. The van der Waals surface area contributed by atoms with E-state index < -0.39 is 5.97 Å². The summed E-state index contributed by atoms with van der Waals surface area (Å²) in [5.41, 5.74) is 0.416. The molecule has 2 fully saturated rings. The van der Waals surface area contributed by atoms with E-state index in [4.69, 9.17) is 5.11 Å². The van der Waals surface area contributed by atoms with Crippen LogP contribution in [0.1, 0.15) is 40.0 Å². The maximum atomic E-state index is 12.5. The van der Waals surface area contributed by atoms with Crippen LogP contribution in [0.25, 0.3) is 0 Å². The lowest BCUT2D eigenvalue weighted by atomic mass is 10.0. The maximum absolute atomic E-state index is 12.5. The minimum absolute atomic E-state index is 0.101. The predicted octanol–water partition coefficient (Wildman–Crippen LogP) is 2.26.